The molecular weight excluding hydrogens is 263 g/mol. The summed E-state index contributed by atoms with van der Waals surface area (Å²) in [4.78, 5) is 5.01. The lowest BCUT2D eigenvalue weighted by Crippen LogP contribution is -2.51. The van der Waals surface area contributed by atoms with Gasteiger partial charge in [-0.2, -0.15) is 0 Å². The van der Waals surface area contributed by atoms with Crippen molar-refractivity contribution in [3.63, 3.8) is 0 Å². The molecule has 2 aliphatic rings. The summed E-state index contributed by atoms with van der Waals surface area (Å²) in [5.74, 6) is 1.51. The molecule has 0 bridgehead atoms. The van der Waals surface area contributed by atoms with E-state index in [-0.39, 0.29) is 5.92 Å². The number of likely N-dealkylation sites (tertiary alicyclic amines) is 2. The lowest BCUT2D eigenvalue weighted by atomic mass is 9.82. The van der Waals surface area contributed by atoms with E-state index >= 15 is 0 Å². The lowest BCUT2D eigenvalue weighted by molar-refractivity contribution is 0.0118. The van der Waals surface area contributed by atoms with Gasteiger partial charge in [0.05, 0.1) is 0 Å². The number of halogens is 1. The van der Waals surface area contributed by atoms with Crippen molar-refractivity contribution in [1.82, 2.24) is 9.80 Å². The highest BCUT2D eigenvalue weighted by atomic mass is 19.1. The summed E-state index contributed by atoms with van der Waals surface area (Å²) < 4.78 is 14.4. The smallest absolute Gasteiger partial charge is 0.116 e. The Labute approximate surface area is 131 Å². The minimum Gasteiger partial charge on any atom is -0.301 e. The molecule has 0 aromatic rings. The third kappa shape index (κ3) is 4.19. The second-order valence-corrected chi connectivity index (χ2v) is 7.92. The molecule has 0 amide bonds. The maximum atomic E-state index is 14.4. The van der Waals surface area contributed by atoms with Gasteiger partial charge in [-0.05, 0) is 77.4 Å². The van der Waals surface area contributed by atoms with Crippen LogP contribution in [0, 0.1) is 17.8 Å². The van der Waals surface area contributed by atoms with E-state index in [1.807, 2.05) is 0 Å². The van der Waals surface area contributed by atoms with Crippen LogP contribution >= 0.6 is 0 Å². The minimum absolute atomic E-state index is 0.274. The number of nitrogens with zero attached hydrogens (tertiary/aromatic N) is 2. The van der Waals surface area contributed by atoms with Gasteiger partial charge in [0.2, 0.25) is 0 Å². The predicted octanol–water partition coefficient (Wildman–Crippen LogP) is 3.81. The summed E-state index contributed by atoms with van der Waals surface area (Å²) >= 11 is 0. The summed E-state index contributed by atoms with van der Waals surface area (Å²) in [5.41, 5.74) is 0. The molecule has 2 rings (SSSR count). The van der Waals surface area contributed by atoms with Gasteiger partial charge in [0, 0.05) is 18.6 Å². The summed E-state index contributed by atoms with van der Waals surface area (Å²) in [6.07, 6.45) is 2.96. The molecule has 2 heterocycles. The highest BCUT2D eigenvalue weighted by Gasteiger charge is 2.35. The van der Waals surface area contributed by atoms with E-state index in [1.165, 1.54) is 25.9 Å². The van der Waals surface area contributed by atoms with Crippen LogP contribution in [-0.2, 0) is 0 Å². The largest absolute Gasteiger partial charge is 0.301 e. The number of alkyl halides is 1. The Balaban J connectivity index is 1.83. The molecule has 0 N–H and O–H groups in total. The second kappa shape index (κ2) is 7.41. The highest BCUT2D eigenvalue weighted by molar-refractivity contribution is 4.88. The van der Waals surface area contributed by atoms with Crippen LogP contribution in [0.5, 0.6) is 0 Å². The Morgan fingerprint density at radius 3 is 1.90 bits per heavy atom. The van der Waals surface area contributed by atoms with Crippen LogP contribution < -0.4 is 0 Å². The van der Waals surface area contributed by atoms with Crippen LogP contribution in [0.3, 0.4) is 0 Å². The second-order valence-electron chi connectivity index (χ2n) is 7.92. The zero-order valence-electron chi connectivity index (χ0n) is 14.7. The number of hydrogen-bond acceptors (Lipinski definition) is 2. The van der Waals surface area contributed by atoms with E-state index in [4.69, 9.17) is 0 Å². The van der Waals surface area contributed by atoms with Crippen molar-refractivity contribution in [1.29, 1.82) is 0 Å². The van der Waals surface area contributed by atoms with Crippen molar-refractivity contribution in [2.75, 3.05) is 26.2 Å². The lowest BCUT2D eigenvalue weighted by Gasteiger charge is -2.44. The van der Waals surface area contributed by atoms with Gasteiger partial charge in [0.25, 0.3) is 0 Å². The third-order valence-corrected chi connectivity index (χ3v) is 6.04. The molecule has 0 radical (unpaired) electrons. The zero-order valence-corrected chi connectivity index (χ0v) is 14.7. The van der Waals surface area contributed by atoms with Gasteiger partial charge < -0.3 is 4.90 Å². The molecule has 2 fully saturated rings. The maximum Gasteiger partial charge on any atom is 0.116 e. The monoisotopic (exact) mass is 298 g/mol. The van der Waals surface area contributed by atoms with Crippen molar-refractivity contribution in [3.8, 4) is 0 Å². The van der Waals surface area contributed by atoms with Crippen molar-refractivity contribution in [2.24, 2.45) is 17.8 Å². The van der Waals surface area contributed by atoms with Gasteiger partial charge in [-0.3, -0.25) is 4.90 Å². The molecule has 3 unspecified atom stereocenters. The summed E-state index contributed by atoms with van der Waals surface area (Å²) in [6, 6.07) is 1.21. The van der Waals surface area contributed by atoms with Crippen molar-refractivity contribution < 1.29 is 4.39 Å². The van der Waals surface area contributed by atoms with Gasteiger partial charge in [-0.15, -0.1) is 0 Å². The molecule has 0 spiro atoms. The first-order chi connectivity index (χ1) is 9.90. The fraction of sp³-hybridized carbons (Fsp3) is 1.00. The predicted molar refractivity (Wildman–Crippen MR) is 88.3 cm³/mol. The molecule has 0 saturated carbocycles. The molecule has 2 nitrogen and oxygen atoms in total. The molecule has 0 aromatic carbocycles. The van der Waals surface area contributed by atoms with E-state index in [0.717, 1.165) is 18.9 Å². The molecule has 124 valence electrons. The van der Waals surface area contributed by atoms with E-state index in [1.54, 1.807) is 0 Å². The van der Waals surface area contributed by atoms with Gasteiger partial charge in [0.1, 0.15) is 6.17 Å². The van der Waals surface area contributed by atoms with Crippen LogP contribution in [0.15, 0.2) is 0 Å². The molecule has 3 atom stereocenters. The molecule has 0 aromatic heterocycles. The molecule has 3 heteroatoms. The number of rotatable bonds is 4. The van der Waals surface area contributed by atoms with Gasteiger partial charge in [-0.25, -0.2) is 4.39 Å². The fourth-order valence-corrected chi connectivity index (χ4v) is 4.28. The topological polar surface area (TPSA) is 6.48 Å². The van der Waals surface area contributed by atoms with Crippen molar-refractivity contribution in [3.05, 3.63) is 0 Å². The highest BCUT2D eigenvalue weighted by Crippen LogP contribution is 2.31. The average molecular weight is 298 g/mol. The zero-order chi connectivity index (χ0) is 15.6. The van der Waals surface area contributed by atoms with Gasteiger partial charge in [-0.1, -0.05) is 13.8 Å². The van der Waals surface area contributed by atoms with Crippen LogP contribution in [-0.4, -0.2) is 54.2 Å². The molecular formula is C18H35FN2. The van der Waals surface area contributed by atoms with E-state index in [0.29, 0.717) is 24.5 Å². The first-order valence-electron chi connectivity index (χ1n) is 9.02. The van der Waals surface area contributed by atoms with Gasteiger partial charge in [0.15, 0.2) is 0 Å². The van der Waals surface area contributed by atoms with Crippen LogP contribution in [0.25, 0.3) is 0 Å². The Kier molecular flexibility index (Phi) is 6.07. The molecule has 2 aliphatic heterocycles. The Morgan fingerprint density at radius 2 is 1.43 bits per heavy atom. The standard InChI is InChI=1S/C18H35FN2/c1-13(2)17-8-11-21(12-18(17)19)15(5)16-6-9-20(10-7-16)14(3)4/h13-18H,6-12H2,1-5H3. The third-order valence-electron chi connectivity index (χ3n) is 6.04. The van der Waals surface area contributed by atoms with E-state index in [9.17, 15) is 4.39 Å². The van der Waals surface area contributed by atoms with Crippen molar-refractivity contribution in [2.45, 2.75) is 72.1 Å². The van der Waals surface area contributed by atoms with Crippen LogP contribution in [0.4, 0.5) is 4.39 Å². The molecule has 0 aliphatic carbocycles. The average Bonchev–Trinajstić information content (AvgIpc) is 2.46. The Hall–Kier alpha value is -0.150. The summed E-state index contributed by atoms with van der Waals surface area (Å²) in [5, 5.41) is 0. The minimum atomic E-state index is -0.628. The fourth-order valence-electron chi connectivity index (χ4n) is 4.28. The SMILES string of the molecule is CC(C)C1CCN(C(C)C2CCN(C(C)C)CC2)CC1F. The number of piperidine rings is 2. The first-order valence-corrected chi connectivity index (χ1v) is 9.02. The Bertz CT molecular complexity index is 310. The normalized spacial score (nSPS) is 32.0. The van der Waals surface area contributed by atoms with E-state index in [2.05, 4.69) is 44.4 Å². The maximum absolute atomic E-state index is 14.4. The summed E-state index contributed by atoms with van der Waals surface area (Å²) in [7, 11) is 0. The first kappa shape index (κ1) is 17.2. The van der Waals surface area contributed by atoms with Crippen molar-refractivity contribution >= 4 is 0 Å². The van der Waals surface area contributed by atoms with Gasteiger partial charge >= 0.3 is 0 Å². The number of hydrogen-bond donors (Lipinski definition) is 0. The molecule has 2 saturated heterocycles. The van der Waals surface area contributed by atoms with Crippen LogP contribution in [0.1, 0.15) is 53.9 Å². The molecule has 21 heavy (non-hydrogen) atoms. The van der Waals surface area contributed by atoms with E-state index < -0.39 is 6.17 Å². The summed E-state index contributed by atoms with van der Waals surface area (Å²) in [6.45, 7) is 15.4. The quantitative estimate of drug-likeness (QED) is 0.778. The van der Waals surface area contributed by atoms with Crippen LogP contribution in [0.2, 0.25) is 0 Å². The Morgan fingerprint density at radius 1 is 0.857 bits per heavy atom.